The molecule has 0 fully saturated rings. The van der Waals surface area contributed by atoms with Crippen LogP contribution in [0, 0.1) is 5.41 Å². The van der Waals surface area contributed by atoms with Crippen molar-refractivity contribution in [1.29, 1.82) is 0 Å². The van der Waals surface area contributed by atoms with E-state index in [0.717, 1.165) is 5.33 Å². The van der Waals surface area contributed by atoms with Gasteiger partial charge in [-0.25, -0.2) is 0 Å². The molecule has 0 aliphatic carbocycles. The molecule has 1 aromatic carbocycles. The molecule has 0 radical (unpaired) electrons. The fourth-order valence-electron chi connectivity index (χ4n) is 1.45. The standard InChI is InChI=1S/C14H20BrNO3/c1-14(2,8-15)9-16-13(17)11-7-10(18-3)5-6-12(11)19-4/h5-7H,8-9H2,1-4H3,(H,16,17). The van der Waals surface area contributed by atoms with Crippen molar-refractivity contribution in [3.8, 4) is 11.5 Å². The van der Waals surface area contributed by atoms with Gasteiger partial charge in [0.1, 0.15) is 11.5 Å². The van der Waals surface area contributed by atoms with Gasteiger partial charge in [-0.05, 0) is 23.6 Å². The number of nitrogens with one attached hydrogen (secondary N) is 1. The van der Waals surface area contributed by atoms with E-state index in [4.69, 9.17) is 9.47 Å². The van der Waals surface area contributed by atoms with Gasteiger partial charge in [-0.2, -0.15) is 0 Å². The predicted molar refractivity (Wildman–Crippen MR) is 79.5 cm³/mol. The first-order valence-corrected chi connectivity index (χ1v) is 7.12. The molecule has 106 valence electrons. The summed E-state index contributed by atoms with van der Waals surface area (Å²) in [7, 11) is 3.11. The van der Waals surface area contributed by atoms with Crippen molar-refractivity contribution >= 4 is 21.8 Å². The Morgan fingerprint density at radius 3 is 2.53 bits per heavy atom. The monoisotopic (exact) mass is 329 g/mol. The van der Waals surface area contributed by atoms with E-state index >= 15 is 0 Å². The van der Waals surface area contributed by atoms with E-state index in [9.17, 15) is 4.79 Å². The Balaban J connectivity index is 2.86. The van der Waals surface area contributed by atoms with Crippen LogP contribution in [0.1, 0.15) is 24.2 Å². The minimum atomic E-state index is -0.162. The first kappa shape index (κ1) is 15.8. The quantitative estimate of drug-likeness (QED) is 0.816. The van der Waals surface area contributed by atoms with Gasteiger partial charge in [-0.3, -0.25) is 4.79 Å². The van der Waals surface area contributed by atoms with E-state index in [2.05, 4.69) is 35.1 Å². The van der Waals surface area contributed by atoms with Crippen LogP contribution in [-0.2, 0) is 0 Å². The van der Waals surface area contributed by atoms with Crippen LogP contribution in [0.25, 0.3) is 0 Å². The van der Waals surface area contributed by atoms with Crippen molar-refractivity contribution < 1.29 is 14.3 Å². The number of benzene rings is 1. The molecule has 0 aliphatic heterocycles. The fourth-order valence-corrected chi connectivity index (χ4v) is 1.65. The first-order chi connectivity index (χ1) is 8.93. The van der Waals surface area contributed by atoms with Crippen molar-refractivity contribution in [2.45, 2.75) is 13.8 Å². The number of rotatable bonds is 6. The van der Waals surface area contributed by atoms with Crippen LogP contribution in [0.5, 0.6) is 11.5 Å². The molecule has 0 heterocycles. The average Bonchev–Trinajstić information content (AvgIpc) is 2.44. The molecule has 0 aromatic heterocycles. The van der Waals surface area contributed by atoms with E-state index in [1.165, 1.54) is 0 Å². The Morgan fingerprint density at radius 2 is 2.00 bits per heavy atom. The third-order valence-electron chi connectivity index (χ3n) is 2.74. The van der Waals surface area contributed by atoms with Crippen molar-refractivity contribution in [2.75, 3.05) is 26.1 Å². The number of carbonyl (C=O) groups is 1. The summed E-state index contributed by atoms with van der Waals surface area (Å²) in [6.45, 7) is 4.73. The summed E-state index contributed by atoms with van der Waals surface area (Å²) in [5.74, 6) is 1.01. The Kier molecular flexibility index (Phi) is 5.66. The fraction of sp³-hybridized carbons (Fsp3) is 0.500. The molecule has 0 saturated carbocycles. The number of hydrogen-bond acceptors (Lipinski definition) is 3. The molecule has 5 heteroatoms. The minimum Gasteiger partial charge on any atom is -0.497 e. The number of hydrogen-bond donors (Lipinski definition) is 1. The van der Waals surface area contributed by atoms with Gasteiger partial charge in [0, 0.05) is 11.9 Å². The van der Waals surface area contributed by atoms with Gasteiger partial charge in [0.15, 0.2) is 0 Å². The summed E-state index contributed by atoms with van der Waals surface area (Å²) in [6, 6.07) is 5.16. The summed E-state index contributed by atoms with van der Waals surface area (Å²) in [5.41, 5.74) is 0.481. The van der Waals surface area contributed by atoms with Crippen LogP contribution in [0.3, 0.4) is 0 Å². The minimum absolute atomic E-state index is 0.00175. The average molecular weight is 330 g/mol. The first-order valence-electron chi connectivity index (χ1n) is 5.99. The summed E-state index contributed by atoms with van der Waals surface area (Å²) in [6.07, 6.45) is 0. The second-order valence-electron chi connectivity index (χ2n) is 5.05. The summed E-state index contributed by atoms with van der Waals surface area (Å²) < 4.78 is 10.3. The Labute approximate surface area is 122 Å². The van der Waals surface area contributed by atoms with Crippen molar-refractivity contribution in [3.05, 3.63) is 23.8 Å². The zero-order valence-electron chi connectivity index (χ0n) is 11.7. The maximum atomic E-state index is 12.2. The molecular formula is C14H20BrNO3. The Hall–Kier alpha value is -1.23. The van der Waals surface area contributed by atoms with Gasteiger partial charge < -0.3 is 14.8 Å². The largest absolute Gasteiger partial charge is 0.497 e. The highest BCUT2D eigenvalue weighted by molar-refractivity contribution is 9.09. The van der Waals surface area contributed by atoms with E-state index in [1.54, 1.807) is 32.4 Å². The molecule has 1 N–H and O–H groups in total. The zero-order chi connectivity index (χ0) is 14.5. The van der Waals surface area contributed by atoms with Gasteiger partial charge in [0.25, 0.3) is 5.91 Å². The molecular weight excluding hydrogens is 310 g/mol. The van der Waals surface area contributed by atoms with Crippen LogP contribution >= 0.6 is 15.9 Å². The topological polar surface area (TPSA) is 47.6 Å². The number of alkyl halides is 1. The van der Waals surface area contributed by atoms with Crippen LogP contribution in [0.4, 0.5) is 0 Å². The molecule has 4 nitrogen and oxygen atoms in total. The lowest BCUT2D eigenvalue weighted by atomic mass is 9.96. The van der Waals surface area contributed by atoms with Gasteiger partial charge in [-0.15, -0.1) is 0 Å². The highest BCUT2D eigenvalue weighted by Crippen LogP contribution is 2.24. The molecule has 0 bridgehead atoms. The van der Waals surface area contributed by atoms with Gasteiger partial charge >= 0.3 is 0 Å². The molecule has 0 spiro atoms. The number of carbonyl (C=O) groups excluding carboxylic acids is 1. The summed E-state index contributed by atoms with van der Waals surface area (Å²) in [5, 5.41) is 3.73. The zero-order valence-corrected chi connectivity index (χ0v) is 13.3. The second kappa shape index (κ2) is 6.80. The summed E-state index contributed by atoms with van der Waals surface area (Å²) in [4.78, 5) is 12.2. The van der Waals surface area contributed by atoms with E-state index in [0.29, 0.717) is 23.6 Å². The number of amides is 1. The van der Waals surface area contributed by atoms with Crippen LogP contribution in [-0.4, -0.2) is 32.0 Å². The predicted octanol–water partition coefficient (Wildman–Crippen LogP) is 2.85. The van der Waals surface area contributed by atoms with E-state index in [-0.39, 0.29) is 11.3 Å². The highest BCUT2D eigenvalue weighted by Gasteiger charge is 2.19. The Morgan fingerprint density at radius 1 is 1.32 bits per heavy atom. The number of ether oxygens (including phenoxy) is 2. The Bertz CT molecular complexity index is 446. The smallest absolute Gasteiger partial charge is 0.255 e. The third-order valence-corrected chi connectivity index (χ3v) is 4.26. The van der Waals surface area contributed by atoms with Crippen molar-refractivity contribution in [3.63, 3.8) is 0 Å². The second-order valence-corrected chi connectivity index (χ2v) is 5.61. The van der Waals surface area contributed by atoms with Crippen LogP contribution in [0.15, 0.2) is 18.2 Å². The van der Waals surface area contributed by atoms with Gasteiger partial charge in [0.05, 0.1) is 19.8 Å². The van der Waals surface area contributed by atoms with E-state index in [1.807, 2.05) is 0 Å². The SMILES string of the molecule is COc1ccc(OC)c(C(=O)NCC(C)(C)CBr)c1. The maximum Gasteiger partial charge on any atom is 0.255 e. The van der Waals surface area contributed by atoms with Gasteiger partial charge in [0.2, 0.25) is 0 Å². The van der Waals surface area contributed by atoms with Gasteiger partial charge in [-0.1, -0.05) is 29.8 Å². The molecule has 0 atom stereocenters. The molecule has 1 amide bonds. The lowest BCUT2D eigenvalue weighted by Gasteiger charge is -2.22. The lowest BCUT2D eigenvalue weighted by Crippen LogP contribution is -2.35. The third kappa shape index (κ3) is 4.42. The highest BCUT2D eigenvalue weighted by atomic mass is 79.9. The van der Waals surface area contributed by atoms with Crippen LogP contribution < -0.4 is 14.8 Å². The molecule has 1 aromatic rings. The molecule has 19 heavy (non-hydrogen) atoms. The number of methoxy groups -OCH3 is 2. The molecule has 1 rings (SSSR count). The van der Waals surface area contributed by atoms with E-state index < -0.39 is 0 Å². The maximum absolute atomic E-state index is 12.2. The molecule has 0 aliphatic rings. The lowest BCUT2D eigenvalue weighted by molar-refractivity contribution is 0.0937. The van der Waals surface area contributed by atoms with Crippen molar-refractivity contribution in [1.82, 2.24) is 5.32 Å². The molecule has 0 unspecified atom stereocenters. The van der Waals surface area contributed by atoms with Crippen LogP contribution in [0.2, 0.25) is 0 Å². The summed E-state index contributed by atoms with van der Waals surface area (Å²) >= 11 is 3.43. The van der Waals surface area contributed by atoms with Crippen molar-refractivity contribution in [2.24, 2.45) is 5.41 Å². The number of halogens is 1. The normalized spacial score (nSPS) is 11.0. The molecule has 0 saturated heterocycles.